The maximum Gasteiger partial charge on any atom is 0.143 e. The Balaban J connectivity index is 0.0000000939. The quantitative estimate of drug-likeness (QED) is 0.155. The van der Waals surface area contributed by atoms with Crippen molar-refractivity contribution in [2.24, 2.45) is 0 Å². The zero-order valence-electron chi connectivity index (χ0n) is 78.8. The lowest BCUT2D eigenvalue weighted by Crippen LogP contribution is -1.82. The molecular formula is C133H98OS6. The number of furan rings is 1. The Bertz CT molecular complexity index is 9380. The normalized spacial score (nSPS) is 11.2. The summed E-state index contributed by atoms with van der Waals surface area (Å²) in [5, 5.41) is 18.7. The van der Waals surface area contributed by atoms with Gasteiger partial charge in [-0.3, -0.25) is 0 Å². The SMILES string of the molecule is Cc1ccc(-c2ccc3sc4ccccc4c3c2)cc1.Cc1ccc(-c2cccc3c2sc2ccccc23)cc1.Cc1cccc(-c2ccc3sc4ccccc4c3c2)c1.Cc1cccc(-c2cccc3c2sc2ccccc23)c1.Cc1cccc2c1oc1c(-c3ccccc3)cccc12.Cc1ccccc1-c1ccc2sc3ccccc3c2c1.Cc1ccccc1-c1cccc2c1sc1ccccc12. The summed E-state index contributed by atoms with van der Waals surface area (Å²) in [4.78, 5) is 0. The molecule has 672 valence electrons. The predicted octanol–water partition coefficient (Wildman–Crippen LogP) is 41.7. The average Bonchev–Trinajstić information content (AvgIpc) is 1.68. The van der Waals surface area contributed by atoms with Crippen LogP contribution >= 0.6 is 68.0 Å². The fourth-order valence-corrected chi connectivity index (χ4v) is 26.3. The van der Waals surface area contributed by atoms with Crippen LogP contribution in [0.4, 0.5) is 0 Å². The molecule has 28 aromatic rings. The monoisotopic (exact) mass is 1900 g/mol. The lowest BCUT2D eigenvalue weighted by molar-refractivity contribution is 0.667. The van der Waals surface area contributed by atoms with Crippen LogP contribution in [0.1, 0.15) is 38.9 Å². The highest BCUT2D eigenvalue weighted by Crippen LogP contribution is 2.47. The Morgan fingerprint density at radius 2 is 0.407 bits per heavy atom. The van der Waals surface area contributed by atoms with E-state index in [2.05, 4.69) is 510 Å². The van der Waals surface area contributed by atoms with Gasteiger partial charge >= 0.3 is 0 Å². The maximum absolute atomic E-state index is 6.17. The van der Waals surface area contributed by atoms with Gasteiger partial charge in [0.15, 0.2) is 0 Å². The molecule has 7 heteroatoms. The number of aryl methyl sites for hydroxylation is 7. The summed E-state index contributed by atoms with van der Waals surface area (Å²) in [6.45, 7) is 15.0. The molecule has 21 aromatic carbocycles. The van der Waals surface area contributed by atoms with Crippen LogP contribution in [0.2, 0.25) is 0 Å². The summed E-state index contributed by atoms with van der Waals surface area (Å²) in [6.07, 6.45) is 0. The van der Waals surface area contributed by atoms with Gasteiger partial charge in [0.25, 0.3) is 0 Å². The standard InChI is InChI=1S/C19H14O.6C19H14S/c1-13-7-5-11-16-17-12-6-10-15(19(17)20-18(13)16)14-8-3-2-4-9-14;1-13-6-4-7-14(12-13)15-9-5-10-17-16-8-2-3-11-18(16)20-19(15)17;1-13-7-2-3-8-14(13)16-10-6-11-17-15-9-4-5-12-18(15)20-19(16)17;1-13-5-4-6-14(11-13)15-9-10-19-17(12-15)16-7-2-3-8-18(16)20-19;1-13-6-2-3-7-15(13)14-10-11-19-17(12-14)16-8-4-5-9-18(16)20-19;1-13-9-11-14(12-10-13)15-6-4-7-17-16-5-2-3-8-18(16)20-19(15)17;1-13-6-8-14(9-7-13)15-10-11-19-17(12-15)16-4-2-3-5-18(16)20-19/h7*2-12H,1H3. The molecule has 0 saturated heterocycles. The van der Waals surface area contributed by atoms with Gasteiger partial charge in [-0.2, -0.15) is 0 Å². The van der Waals surface area contributed by atoms with Crippen LogP contribution in [0.25, 0.3) is 221 Å². The van der Waals surface area contributed by atoms with E-state index in [1.807, 2.05) is 74.1 Å². The number of benzene rings is 21. The third-order valence-electron chi connectivity index (χ3n) is 26.5. The summed E-state index contributed by atoms with van der Waals surface area (Å²) in [5.74, 6) is 0. The molecule has 0 atom stereocenters. The van der Waals surface area contributed by atoms with Crippen molar-refractivity contribution >= 4 is 211 Å². The molecule has 0 N–H and O–H groups in total. The van der Waals surface area contributed by atoms with Crippen molar-refractivity contribution in [3.05, 3.63) is 506 Å². The zero-order valence-corrected chi connectivity index (χ0v) is 83.7. The van der Waals surface area contributed by atoms with Crippen LogP contribution in [0.15, 0.2) is 472 Å². The highest BCUT2D eigenvalue weighted by molar-refractivity contribution is 7.28. The minimum atomic E-state index is 0.975. The minimum absolute atomic E-state index is 0.975. The van der Waals surface area contributed by atoms with Gasteiger partial charge in [-0.1, -0.05) is 417 Å². The van der Waals surface area contributed by atoms with Crippen molar-refractivity contribution in [1.29, 1.82) is 0 Å². The van der Waals surface area contributed by atoms with E-state index in [1.165, 1.54) is 243 Å². The van der Waals surface area contributed by atoms with Crippen molar-refractivity contribution in [2.75, 3.05) is 0 Å². The molecule has 0 aliphatic rings. The molecular weight excluding hydrogens is 1810 g/mol. The Labute approximate surface area is 840 Å². The van der Waals surface area contributed by atoms with E-state index in [1.54, 1.807) is 0 Å². The van der Waals surface area contributed by atoms with Gasteiger partial charge in [0.1, 0.15) is 11.2 Å². The number of rotatable bonds is 7. The van der Waals surface area contributed by atoms with Crippen molar-refractivity contribution in [2.45, 2.75) is 48.5 Å². The number of fused-ring (bicyclic) bond motifs is 21. The van der Waals surface area contributed by atoms with Gasteiger partial charge in [-0.25, -0.2) is 0 Å². The highest BCUT2D eigenvalue weighted by Gasteiger charge is 2.19. The first-order chi connectivity index (χ1) is 68.8. The largest absolute Gasteiger partial charge is 0.455 e. The van der Waals surface area contributed by atoms with E-state index in [9.17, 15) is 0 Å². The third-order valence-corrected chi connectivity index (χ3v) is 33.6. The second-order valence-electron chi connectivity index (χ2n) is 36.0. The van der Waals surface area contributed by atoms with E-state index in [4.69, 9.17) is 4.42 Å². The molecule has 1 nitrogen and oxygen atoms in total. The first-order valence-electron chi connectivity index (χ1n) is 47.6. The molecule has 0 spiro atoms. The second-order valence-corrected chi connectivity index (χ2v) is 42.4. The van der Waals surface area contributed by atoms with Crippen LogP contribution in [0, 0.1) is 48.5 Å². The van der Waals surface area contributed by atoms with Crippen LogP contribution < -0.4 is 0 Å². The molecule has 0 unspecified atom stereocenters. The molecule has 28 rings (SSSR count). The Kier molecular flexibility index (Phi) is 25.7. The molecule has 0 saturated carbocycles. The smallest absolute Gasteiger partial charge is 0.143 e. The van der Waals surface area contributed by atoms with Gasteiger partial charge in [0.05, 0.1) is 0 Å². The highest BCUT2D eigenvalue weighted by atomic mass is 32.1. The van der Waals surface area contributed by atoms with Crippen molar-refractivity contribution in [1.82, 2.24) is 0 Å². The van der Waals surface area contributed by atoms with E-state index in [0.717, 1.165) is 16.7 Å². The Morgan fingerprint density at radius 1 is 0.136 bits per heavy atom. The fourth-order valence-electron chi connectivity index (χ4n) is 19.3. The lowest BCUT2D eigenvalue weighted by atomic mass is 9.99. The molecule has 0 fully saturated rings. The maximum atomic E-state index is 6.17. The Hall–Kier alpha value is -15.3. The summed E-state index contributed by atoms with van der Waals surface area (Å²) >= 11 is 11.3. The van der Waals surface area contributed by atoms with Crippen LogP contribution in [0.5, 0.6) is 0 Å². The summed E-state index contributed by atoms with van der Waals surface area (Å²) < 4.78 is 22.6. The molecule has 0 bridgehead atoms. The molecule has 7 heterocycles. The molecule has 0 aliphatic carbocycles. The van der Waals surface area contributed by atoms with Crippen LogP contribution in [0.3, 0.4) is 0 Å². The first-order valence-corrected chi connectivity index (χ1v) is 52.5. The molecule has 0 aliphatic heterocycles. The van der Waals surface area contributed by atoms with Crippen LogP contribution in [-0.4, -0.2) is 0 Å². The van der Waals surface area contributed by atoms with Gasteiger partial charge in [-0.05, 0) is 210 Å². The van der Waals surface area contributed by atoms with E-state index in [-0.39, 0.29) is 0 Å². The van der Waals surface area contributed by atoms with E-state index >= 15 is 0 Å². The molecule has 0 radical (unpaired) electrons. The van der Waals surface area contributed by atoms with Gasteiger partial charge in [-0.15, -0.1) is 68.0 Å². The van der Waals surface area contributed by atoms with Gasteiger partial charge in [0.2, 0.25) is 0 Å². The third kappa shape index (κ3) is 18.5. The topological polar surface area (TPSA) is 13.1 Å². The van der Waals surface area contributed by atoms with Crippen molar-refractivity contribution < 1.29 is 4.42 Å². The number of hydrogen-bond donors (Lipinski definition) is 0. The molecule has 0 amide bonds. The van der Waals surface area contributed by atoms with E-state index < -0.39 is 0 Å². The van der Waals surface area contributed by atoms with Crippen LogP contribution in [-0.2, 0) is 0 Å². The number of hydrogen-bond acceptors (Lipinski definition) is 7. The van der Waals surface area contributed by atoms with Crippen molar-refractivity contribution in [3.63, 3.8) is 0 Å². The minimum Gasteiger partial charge on any atom is -0.455 e. The summed E-state index contributed by atoms with van der Waals surface area (Å²) in [7, 11) is 0. The zero-order chi connectivity index (χ0) is 94.7. The molecule has 7 aromatic heterocycles. The van der Waals surface area contributed by atoms with Gasteiger partial charge < -0.3 is 4.42 Å². The number of para-hydroxylation sites is 2. The van der Waals surface area contributed by atoms with Gasteiger partial charge in [0, 0.05) is 137 Å². The predicted molar refractivity (Wildman–Crippen MR) is 621 cm³/mol. The number of thiophene rings is 6. The second kappa shape index (κ2) is 40.1. The Morgan fingerprint density at radius 3 is 0.879 bits per heavy atom. The first kappa shape index (κ1) is 89.9. The molecule has 140 heavy (non-hydrogen) atoms. The fraction of sp³-hybridized carbons (Fsp3) is 0.0526. The van der Waals surface area contributed by atoms with Crippen molar-refractivity contribution in [3.8, 4) is 77.9 Å². The van der Waals surface area contributed by atoms with E-state index in [0.29, 0.717) is 0 Å². The lowest BCUT2D eigenvalue weighted by Gasteiger charge is -2.06. The summed E-state index contributed by atoms with van der Waals surface area (Å²) in [5.41, 5.74) is 29.1. The summed E-state index contributed by atoms with van der Waals surface area (Å²) in [6, 6.07) is 167. The average molecular weight is 1900 g/mol.